The molecule has 24 heavy (non-hydrogen) atoms. The van der Waals surface area contributed by atoms with E-state index in [1.807, 2.05) is 36.4 Å². The van der Waals surface area contributed by atoms with Crippen LogP contribution in [0.5, 0.6) is 11.5 Å². The van der Waals surface area contributed by atoms with E-state index >= 15 is 0 Å². The van der Waals surface area contributed by atoms with E-state index in [1.54, 1.807) is 19.2 Å². The van der Waals surface area contributed by atoms with E-state index in [9.17, 15) is 4.79 Å². The second-order valence-corrected chi connectivity index (χ2v) is 5.60. The second-order valence-electron chi connectivity index (χ2n) is 5.60. The largest absolute Gasteiger partial charge is 0.496 e. The third-order valence-electron chi connectivity index (χ3n) is 3.91. The van der Waals surface area contributed by atoms with E-state index < -0.39 is 0 Å². The molecule has 3 rings (SSSR count). The van der Waals surface area contributed by atoms with Crippen LogP contribution in [0.2, 0.25) is 0 Å². The van der Waals surface area contributed by atoms with E-state index in [0.717, 1.165) is 35.1 Å². The Labute approximate surface area is 140 Å². The summed E-state index contributed by atoms with van der Waals surface area (Å²) in [6.07, 6.45) is 1.83. The summed E-state index contributed by atoms with van der Waals surface area (Å²) in [6, 6.07) is 14.9. The molecular weight excluding hydrogens is 304 g/mol. The average molecular weight is 324 g/mol. The minimum Gasteiger partial charge on any atom is -0.496 e. The molecule has 0 atom stereocenters. The average Bonchev–Trinajstić information content (AvgIpc) is 2.60. The first kappa shape index (κ1) is 16.1. The smallest absolute Gasteiger partial charge is 0.336 e. The highest BCUT2D eigenvalue weighted by atomic mass is 16.5. The summed E-state index contributed by atoms with van der Waals surface area (Å²) in [7, 11) is 1.64. The Morgan fingerprint density at radius 3 is 2.67 bits per heavy atom. The van der Waals surface area contributed by atoms with Gasteiger partial charge in [0.15, 0.2) is 0 Å². The van der Waals surface area contributed by atoms with Gasteiger partial charge in [-0.1, -0.05) is 31.5 Å². The highest BCUT2D eigenvalue weighted by Gasteiger charge is 2.08. The Morgan fingerprint density at radius 2 is 1.88 bits per heavy atom. The summed E-state index contributed by atoms with van der Waals surface area (Å²) in [5.41, 5.74) is 2.21. The van der Waals surface area contributed by atoms with Gasteiger partial charge in [-0.3, -0.25) is 0 Å². The molecule has 0 aliphatic heterocycles. The first-order valence-corrected chi connectivity index (χ1v) is 8.02. The third kappa shape index (κ3) is 3.43. The number of para-hydroxylation sites is 1. The Balaban J connectivity index is 1.87. The molecule has 124 valence electrons. The van der Waals surface area contributed by atoms with Gasteiger partial charge in [-0.05, 0) is 30.2 Å². The molecule has 0 aliphatic rings. The van der Waals surface area contributed by atoms with Crippen LogP contribution >= 0.6 is 0 Å². The Kier molecular flexibility index (Phi) is 4.85. The molecule has 4 nitrogen and oxygen atoms in total. The molecule has 0 saturated carbocycles. The van der Waals surface area contributed by atoms with E-state index in [-0.39, 0.29) is 5.63 Å². The topological polar surface area (TPSA) is 48.7 Å². The number of hydrogen-bond acceptors (Lipinski definition) is 4. The lowest BCUT2D eigenvalue weighted by molar-refractivity contribution is 0.296. The highest BCUT2D eigenvalue weighted by molar-refractivity contribution is 5.81. The SMILES string of the molecule is CCCc1cc(=O)oc2cc(OCc3ccccc3OC)ccc12. The molecule has 0 unspecified atom stereocenters. The molecule has 0 spiro atoms. The van der Waals surface area contributed by atoms with Crippen LogP contribution < -0.4 is 15.1 Å². The van der Waals surface area contributed by atoms with Crippen molar-refractivity contribution in [2.75, 3.05) is 7.11 Å². The minimum atomic E-state index is -0.326. The highest BCUT2D eigenvalue weighted by Crippen LogP contribution is 2.25. The predicted octanol–water partition coefficient (Wildman–Crippen LogP) is 4.33. The molecule has 2 aromatic carbocycles. The lowest BCUT2D eigenvalue weighted by atomic mass is 10.1. The van der Waals surface area contributed by atoms with Gasteiger partial charge < -0.3 is 13.9 Å². The van der Waals surface area contributed by atoms with Crippen LogP contribution in [0.3, 0.4) is 0 Å². The monoisotopic (exact) mass is 324 g/mol. The summed E-state index contributed by atoms with van der Waals surface area (Å²) in [6.45, 7) is 2.47. The summed E-state index contributed by atoms with van der Waals surface area (Å²) >= 11 is 0. The zero-order valence-corrected chi connectivity index (χ0v) is 13.9. The summed E-state index contributed by atoms with van der Waals surface area (Å²) in [5, 5.41) is 0.959. The zero-order valence-electron chi connectivity index (χ0n) is 13.9. The van der Waals surface area contributed by atoms with Crippen molar-refractivity contribution in [1.82, 2.24) is 0 Å². The molecule has 0 bridgehead atoms. The maximum Gasteiger partial charge on any atom is 0.336 e. The number of fused-ring (bicyclic) bond motifs is 1. The fourth-order valence-corrected chi connectivity index (χ4v) is 2.76. The Morgan fingerprint density at radius 1 is 1.04 bits per heavy atom. The van der Waals surface area contributed by atoms with Crippen molar-refractivity contribution in [2.45, 2.75) is 26.4 Å². The molecular formula is C20H20O4. The van der Waals surface area contributed by atoms with E-state index in [2.05, 4.69) is 6.92 Å². The van der Waals surface area contributed by atoms with Crippen molar-refractivity contribution in [3.05, 3.63) is 70.1 Å². The predicted molar refractivity (Wildman–Crippen MR) is 93.8 cm³/mol. The Bertz CT molecular complexity index is 896. The molecule has 1 aromatic heterocycles. The maximum absolute atomic E-state index is 11.7. The lowest BCUT2D eigenvalue weighted by Gasteiger charge is -2.11. The first-order chi connectivity index (χ1) is 11.7. The standard InChI is InChI=1S/C20H20O4/c1-3-6-14-11-20(21)24-19-12-16(9-10-17(14)19)23-13-15-7-4-5-8-18(15)22-2/h4-5,7-12H,3,6,13H2,1-2H3. The number of methoxy groups -OCH3 is 1. The third-order valence-corrected chi connectivity index (χ3v) is 3.91. The van der Waals surface area contributed by atoms with Gasteiger partial charge in [0.2, 0.25) is 0 Å². The normalized spacial score (nSPS) is 10.8. The zero-order chi connectivity index (χ0) is 16.9. The fourth-order valence-electron chi connectivity index (χ4n) is 2.76. The fraction of sp³-hybridized carbons (Fsp3) is 0.250. The number of aryl methyl sites for hydroxylation is 1. The molecule has 0 fully saturated rings. The van der Waals surface area contributed by atoms with Gasteiger partial charge in [0, 0.05) is 23.1 Å². The number of hydrogen-bond donors (Lipinski definition) is 0. The minimum absolute atomic E-state index is 0.326. The van der Waals surface area contributed by atoms with Crippen molar-refractivity contribution < 1.29 is 13.9 Å². The van der Waals surface area contributed by atoms with Crippen molar-refractivity contribution in [3.63, 3.8) is 0 Å². The van der Waals surface area contributed by atoms with Crippen molar-refractivity contribution in [3.8, 4) is 11.5 Å². The van der Waals surface area contributed by atoms with E-state index in [0.29, 0.717) is 17.9 Å². The summed E-state index contributed by atoms with van der Waals surface area (Å²) in [5.74, 6) is 1.44. The molecule has 1 heterocycles. The van der Waals surface area contributed by atoms with Crippen LogP contribution in [-0.4, -0.2) is 7.11 Å². The Hall–Kier alpha value is -2.75. The molecule has 3 aromatic rings. The number of benzene rings is 2. The second kappa shape index (κ2) is 7.21. The van der Waals surface area contributed by atoms with Gasteiger partial charge in [0.05, 0.1) is 7.11 Å². The van der Waals surface area contributed by atoms with E-state index in [1.165, 1.54) is 0 Å². The lowest BCUT2D eigenvalue weighted by Crippen LogP contribution is -2.01. The van der Waals surface area contributed by atoms with Gasteiger partial charge in [-0.25, -0.2) is 4.79 Å². The molecule has 0 N–H and O–H groups in total. The summed E-state index contributed by atoms with van der Waals surface area (Å²) < 4.78 is 16.5. The van der Waals surface area contributed by atoms with Crippen LogP contribution in [-0.2, 0) is 13.0 Å². The molecule has 0 radical (unpaired) electrons. The van der Waals surface area contributed by atoms with Crippen LogP contribution in [0.4, 0.5) is 0 Å². The van der Waals surface area contributed by atoms with Crippen LogP contribution in [0.1, 0.15) is 24.5 Å². The van der Waals surface area contributed by atoms with Crippen molar-refractivity contribution in [2.24, 2.45) is 0 Å². The van der Waals surface area contributed by atoms with Gasteiger partial charge >= 0.3 is 5.63 Å². The molecule has 4 heteroatoms. The number of rotatable bonds is 6. The first-order valence-electron chi connectivity index (χ1n) is 8.02. The quantitative estimate of drug-likeness (QED) is 0.633. The van der Waals surface area contributed by atoms with Gasteiger partial charge in [0.25, 0.3) is 0 Å². The van der Waals surface area contributed by atoms with Gasteiger partial charge in [0.1, 0.15) is 23.7 Å². The number of ether oxygens (including phenoxy) is 2. The van der Waals surface area contributed by atoms with Crippen molar-refractivity contribution in [1.29, 1.82) is 0 Å². The maximum atomic E-state index is 11.7. The van der Waals surface area contributed by atoms with Crippen LogP contribution in [0, 0.1) is 0 Å². The molecule has 0 saturated heterocycles. The van der Waals surface area contributed by atoms with Crippen LogP contribution in [0.25, 0.3) is 11.0 Å². The summed E-state index contributed by atoms with van der Waals surface area (Å²) in [4.78, 5) is 11.7. The van der Waals surface area contributed by atoms with Crippen LogP contribution in [0.15, 0.2) is 57.7 Å². The molecule has 0 amide bonds. The van der Waals surface area contributed by atoms with E-state index in [4.69, 9.17) is 13.9 Å². The molecule has 0 aliphatic carbocycles. The van der Waals surface area contributed by atoms with Gasteiger partial charge in [-0.15, -0.1) is 0 Å². The van der Waals surface area contributed by atoms with Crippen molar-refractivity contribution >= 4 is 11.0 Å². The van der Waals surface area contributed by atoms with Gasteiger partial charge in [-0.2, -0.15) is 0 Å².